The Morgan fingerprint density at radius 2 is 0.846 bits per heavy atom. The standard InChI is InChI=1S/2C21H22Cl2FNO/c2*1-12(2)25-20(14-4-6-16(22)7-5-14)19(8-13(3)21(25)26)15-9-17(23)11-18(24)10-15/h2*4-7,9-13,19-20H,8H2,1-3H3/t13-,19+,20+;13-,19-,20-/m01/s1. The second kappa shape index (κ2) is 16.9. The molecule has 0 unspecified atom stereocenters. The van der Waals surface area contributed by atoms with Crippen LogP contribution in [0.3, 0.4) is 0 Å². The highest BCUT2D eigenvalue weighted by molar-refractivity contribution is 6.31. The molecule has 4 aromatic rings. The molecule has 2 amide bonds. The molecule has 0 radical (unpaired) electrons. The van der Waals surface area contributed by atoms with Gasteiger partial charge in [-0.25, -0.2) is 8.78 Å². The number of carbonyl (C=O) groups excluding carboxylic acids is 2. The van der Waals surface area contributed by atoms with Gasteiger partial charge in [-0.1, -0.05) is 84.5 Å². The second-order valence-corrected chi connectivity index (χ2v) is 16.3. The van der Waals surface area contributed by atoms with Gasteiger partial charge in [0.05, 0.1) is 12.1 Å². The average Bonchev–Trinajstić information content (AvgIpc) is 3.06. The first-order chi connectivity index (χ1) is 24.5. The quantitative estimate of drug-likeness (QED) is 0.195. The summed E-state index contributed by atoms with van der Waals surface area (Å²) in [7, 11) is 0. The number of hydrogen-bond donors (Lipinski definition) is 0. The molecule has 52 heavy (non-hydrogen) atoms. The van der Waals surface area contributed by atoms with Gasteiger partial charge in [-0.05, 0) is 123 Å². The van der Waals surface area contributed by atoms with Crippen LogP contribution < -0.4 is 0 Å². The van der Waals surface area contributed by atoms with E-state index in [-0.39, 0.29) is 71.3 Å². The molecule has 4 aromatic carbocycles. The molecule has 2 heterocycles. The summed E-state index contributed by atoms with van der Waals surface area (Å²) in [5.74, 6) is -0.816. The van der Waals surface area contributed by atoms with Gasteiger partial charge < -0.3 is 9.80 Å². The first-order valence-electron chi connectivity index (χ1n) is 17.6. The van der Waals surface area contributed by atoms with E-state index in [1.165, 1.54) is 24.3 Å². The van der Waals surface area contributed by atoms with Crippen LogP contribution in [0.2, 0.25) is 20.1 Å². The number of piperidine rings is 2. The number of nitrogens with zero attached hydrogens (tertiary/aromatic N) is 2. The lowest BCUT2D eigenvalue weighted by Gasteiger charge is -2.46. The van der Waals surface area contributed by atoms with Crippen molar-refractivity contribution in [3.63, 3.8) is 0 Å². The van der Waals surface area contributed by atoms with Gasteiger partial charge in [0.2, 0.25) is 11.8 Å². The lowest BCUT2D eigenvalue weighted by Crippen LogP contribution is -2.49. The minimum Gasteiger partial charge on any atom is -0.332 e. The van der Waals surface area contributed by atoms with Crippen molar-refractivity contribution < 1.29 is 18.4 Å². The molecule has 6 rings (SSSR count). The Morgan fingerprint density at radius 1 is 0.519 bits per heavy atom. The van der Waals surface area contributed by atoms with Crippen LogP contribution in [0.25, 0.3) is 0 Å². The van der Waals surface area contributed by atoms with Crippen LogP contribution in [0, 0.1) is 23.5 Å². The van der Waals surface area contributed by atoms with Crippen molar-refractivity contribution in [3.8, 4) is 0 Å². The van der Waals surface area contributed by atoms with Gasteiger partial charge in [0.1, 0.15) is 11.6 Å². The zero-order valence-electron chi connectivity index (χ0n) is 30.1. The predicted molar refractivity (Wildman–Crippen MR) is 208 cm³/mol. The molecular formula is C42H44Cl4F2N2O2. The third-order valence-electron chi connectivity index (χ3n) is 10.1. The van der Waals surface area contributed by atoms with Crippen molar-refractivity contribution in [1.82, 2.24) is 9.80 Å². The molecule has 0 spiro atoms. The summed E-state index contributed by atoms with van der Waals surface area (Å²) in [6.07, 6.45) is 1.30. The van der Waals surface area contributed by atoms with Crippen molar-refractivity contribution >= 4 is 58.2 Å². The van der Waals surface area contributed by atoms with Crippen LogP contribution in [0.15, 0.2) is 84.9 Å². The number of likely N-dealkylation sites (tertiary alicyclic amines) is 2. The molecule has 10 heteroatoms. The Morgan fingerprint density at radius 3 is 1.13 bits per heavy atom. The Kier molecular flexibility index (Phi) is 13.0. The van der Waals surface area contributed by atoms with Crippen LogP contribution in [0.1, 0.15) is 101 Å². The number of benzene rings is 4. The molecular weight excluding hydrogens is 744 g/mol. The van der Waals surface area contributed by atoms with Crippen LogP contribution in [-0.4, -0.2) is 33.7 Å². The smallest absolute Gasteiger partial charge is 0.226 e. The van der Waals surface area contributed by atoms with Gasteiger partial charge in [0.15, 0.2) is 0 Å². The van der Waals surface area contributed by atoms with E-state index in [1.807, 2.05) is 99.9 Å². The van der Waals surface area contributed by atoms with Gasteiger partial charge in [0, 0.05) is 55.8 Å². The van der Waals surface area contributed by atoms with Crippen molar-refractivity contribution in [2.24, 2.45) is 11.8 Å². The van der Waals surface area contributed by atoms with E-state index < -0.39 is 0 Å². The third-order valence-corrected chi connectivity index (χ3v) is 11.0. The Hall–Kier alpha value is -3.16. The first-order valence-corrected chi connectivity index (χ1v) is 19.1. The molecule has 0 aromatic heterocycles. The molecule has 0 N–H and O–H groups in total. The Bertz CT molecular complexity index is 1710. The lowest BCUT2D eigenvalue weighted by atomic mass is 9.76. The minimum atomic E-state index is -0.358. The summed E-state index contributed by atoms with van der Waals surface area (Å²) in [6.45, 7) is 11.9. The van der Waals surface area contributed by atoms with Crippen molar-refractivity contribution in [2.75, 3.05) is 0 Å². The van der Waals surface area contributed by atoms with Crippen molar-refractivity contribution in [2.45, 2.75) is 90.4 Å². The summed E-state index contributed by atoms with van der Waals surface area (Å²) in [6, 6.07) is 24.0. The second-order valence-electron chi connectivity index (χ2n) is 14.6. The predicted octanol–water partition coefficient (Wildman–Crippen LogP) is 12.5. The topological polar surface area (TPSA) is 40.6 Å². The Labute approximate surface area is 326 Å². The van der Waals surface area contributed by atoms with Crippen LogP contribution in [-0.2, 0) is 9.59 Å². The first kappa shape index (κ1) is 40.0. The maximum Gasteiger partial charge on any atom is 0.226 e. The van der Waals surface area contributed by atoms with E-state index in [2.05, 4.69) is 0 Å². The number of hydrogen-bond acceptors (Lipinski definition) is 2. The number of carbonyl (C=O) groups is 2. The number of amides is 2. The average molecular weight is 789 g/mol. The maximum absolute atomic E-state index is 14.0. The zero-order chi connectivity index (χ0) is 38.0. The monoisotopic (exact) mass is 786 g/mol. The summed E-state index contributed by atoms with van der Waals surface area (Å²) in [4.78, 5) is 29.7. The van der Waals surface area contributed by atoms with Gasteiger partial charge in [-0.15, -0.1) is 0 Å². The molecule has 6 atom stereocenters. The van der Waals surface area contributed by atoms with E-state index in [0.717, 1.165) is 22.3 Å². The molecule has 4 nitrogen and oxygen atoms in total. The molecule has 276 valence electrons. The molecule has 0 aliphatic carbocycles. The van der Waals surface area contributed by atoms with Gasteiger partial charge in [0.25, 0.3) is 0 Å². The van der Waals surface area contributed by atoms with Crippen molar-refractivity contribution in [1.29, 1.82) is 0 Å². The third kappa shape index (κ3) is 8.95. The highest BCUT2D eigenvalue weighted by Gasteiger charge is 2.44. The normalized spacial score (nSPS) is 23.6. The van der Waals surface area contributed by atoms with Gasteiger partial charge in [-0.3, -0.25) is 9.59 Å². The summed E-state index contributed by atoms with van der Waals surface area (Å²) in [5.41, 5.74) is 3.63. The van der Waals surface area contributed by atoms with Crippen LogP contribution >= 0.6 is 46.4 Å². The van der Waals surface area contributed by atoms with Crippen molar-refractivity contribution in [3.05, 3.63) is 139 Å². The number of halogens is 6. The SMILES string of the molecule is CC(C)N1C(=O)[C@@H](C)C[C@H](c2cc(F)cc(Cl)c2)[C@H]1c1ccc(Cl)cc1.CC(C)N1C(=O)[C@H](C)C[C@H](c2cc(F)cc(Cl)c2)[C@H]1c1ccc(Cl)cc1. The molecule has 2 fully saturated rings. The van der Waals surface area contributed by atoms with Crippen LogP contribution in [0.5, 0.6) is 0 Å². The summed E-state index contributed by atoms with van der Waals surface area (Å²) < 4.78 is 28.0. The highest BCUT2D eigenvalue weighted by Crippen LogP contribution is 2.48. The number of rotatable bonds is 6. The van der Waals surface area contributed by atoms with E-state index in [9.17, 15) is 18.4 Å². The Balaban J connectivity index is 0.000000201. The van der Waals surface area contributed by atoms with E-state index in [4.69, 9.17) is 46.4 Å². The van der Waals surface area contributed by atoms with Gasteiger partial charge >= 0.3 is 0 Å². The molecule has 0 bridgehead atoms. The van der Waals surface area contributed by atoms with Crippen LogP contribution in [0.4, 0.5) is 8.78 Å². The fraction of sp³-hybridized carbons (Fsp3) is 0.381. The zero-order valence-corrected chi connectivity index (χ0v) is 33.1. The molecule has 2 saturated heterocycles. The summed E-state index contributed by atoms with van der Waals surface area (Å²) in [5, 5.41) is 2.03. The molecule has 2 aliphatic heterocycles. The minimum absolute atomic E-state index is 0.0254. The molecule has 0 saturated carbocycles. The largest absolute Gasteiger partial charge is 0.332 e. The van der Waals surface area contributed by atoms with E-state index >= 15 is 0 Å². The summed E-state index contributed by atoms with van der Waals surface area (Å²) >= 11 is 24.3. The molecule has 2 aliphatic rings. The van der Waals surface area contributed by atoms with E-state index in [0.29, 0.717) is 32.9 Å². The fourth-order valence-electron chi connectivity index (χ4n) is 7.86. The lowest BCUT2D eigenvalue weighted by molar-refractivity contribution is -0.145. The van der Waals surface area contributed by atoms with Gasteiger partial charge in [-0.2, -0.15) is 0 Å². The maximum atomic E-state index is 14.0. The van der Waals surface area contributed by atoms with E-state index in [1.54, 1.807) is 12.1 Å². The fourth-order valence-corrected chi connectivity index (χ4v) is 8.58. The highest BCUT2D eigenvalue weighted by atomic mass is 35.5.